The van der Waals surface area contributed by atoms with Gasteiger partial charge in [0.05, 0.1) is 6.21 Å². The lowest BCUT2D eigenvalue weighted by atomic mass is 10.1. The molecule has 0 radical (unpaired) electrons. The van der Waals surface area contributed by atoms with Gasteiger partial charge in [0, 0.05) is 23.6 Å². The maximum Gasteiger partial charge on any atom is 0.240 e. The van der Waals surface area contributed by atoms with Gasteiger partial charge >= 0.3 is 0 Å². The number of carbonyl (C=O) groups excluding carboxylic acids is 2. The van der Waals surface area contributed by atoms with Crippen molar-refractivity contribution in [3.63, 3.8) is 0 Å². The Morgan fingerprint density at radius 1 is 1.08 bits per heavy atom. The van der Waals surface area contributed by atoms with E-state index in [1.54, 1.807) is 18.2 Å². The quantitative estimate of drug-likeness (QED) is 0.609. The summed E-state index contributed by atoms with van der Waals surface area (Å²) in [4.78, 5) is 23.7. The molecule has 0 saturated carbocycles. The molecule has 6 heteroatoms. The lowest BCUT2D eigenvalue weighted by molar-refractivity contribution is -0.124. The molecule has 0 bridgehead atoms. The highest BCUT2D eigenvalue weighted by molar-refractivity contribution is 6.30. The summed E-state index contributed by atoms with van der Waals surface area (Å²) < 4.78 is 0. The number of rotatable bonds is 6. The normalized spacial score (nSPS) is 10.7. The monoisotopic (exact) mass is 357 g/mol. The summed E-state index contributed by atoms with van der Waals surface area (Å²) in [6, 6.07) is 12.8. The van der Waals surface area contributed by atoms with Gasteiger partial charge in [0.2, 0.25) is 11.8 Å². The number of carbonyl (C=O) groups is 2. The van der Waals surface area contributed by atoms with Gasteiger partial charge in [0.1, 0.15) is 0 Å². The van der Waals surface area contributed by atoms with Crippen LogP contribution in [0.2, 0.25) is 5.02 Å². The van der Waals surface area contributed by atoms with E-state index in [0.29, 0.717) is 5.02 Å². The Hall–Kier alpha value is -2.66. The number of hydrogen-bond donors (Lipinski definition) is 2. The van der Waals surface area contributed by atoms with Crippen molar-refractivity contribution in [1.82, 2.24) is 5.43 Å². The molecule has 0 heterocycles. The number of halogens is 1. The molecule has 0 spiro atoms. The van der Waals surface area contributed by atoms with Gasteiger partial charge in [-0.15, -0.1) is 0 Å². The lowest BCUT2D eigenvalue weighted by Crippen LogP contribution is -2.21. The van der Waals surface area contributed by atoms with Gasteiger partial charge in [0.15, 0.2) is 0 Å². The van der Waals surface area contributed by atoms with Gasteiger partial charge in [-0.25, -0.2) is 5.43 Å². The zero-order valence-electron chi connectivity index (χ0n) is 14.2. The number of hydrogen-bond acceptors (Lipinski definition) is 3. The summed E-state index contributed by atoms with van der Waals surface area (Å²) in [5, 5.41) is 7.27. The molecular formula is C19H20ClN3O2. The second-order valence-corrected chi connectivity index (χ2v) is 6.08. The maximum absolute atomic E-state index is 12.0. The molecule has 130 valence electrons. The first-order chi connectivity index (χ1) is 12.0. The Kier molecular flexibility index (Phi) is 6.71. The van der Waals surface area contributed by atoms with Crippen LogP contribution >= 0.6 is 11.6 Å². The molecular weight excluding hydrogens is 338 g/mol. The third-order valence-corrected chi connectivity index (χ3v) is 3.94. The van der Waals surface area contributed by atoms with E-state index >= 15 is 0 Å². The molecule has 0 unspecified atom stereocenters. The largest absolute Gasteiger partial charge is 0.326 e. The number of hydrazone groups is 1. The molecule has 5 nitrogen and oxygen atoms in total. The lowest BCUT2D eigenvalue weighted by Gasteiger charge is -2.10. The average molecular weight is 358 g/mol. The summed E-state index contributed by atoms with van der Waals surface area (Å²) in [5.41, 5.74) is 6.07. The van der Waals surface area contributed by atoms with Crippen molar-refractivity contribution in [3.8, 4) is 0 Å². The van der Waals surface area contributed by atoms with Crippen LogP contribution in [0.3, 0.4) is 0 Å². The summed E-state index contributed by atoms with van der Waals surface area (Å²) in [5.74, 6) is -0.530. The number of anilines is 1. The van der Waals surface area contributed by atoms with E-state index in [-0.39, 0.29) is 24.7 Å². The first kappa shape index (κ1) is 18.7. The smallest absolute Gasteiger partial charge is 0.240 e. The molecule has 2 aromatic carbocycles. The van der Waals surface area contributed by atoms with Crippen LogP contribution in [-0.2, 0) is 9.59 Å². The van der Waals surface area contributed by atoms with Crippen LogP contribution in [-0.4, -0.2) is 18.0 Å². The standard InChI is InChI=1S/C19H20ClN3O2/c1-13-5-3-8-17(14(13)2)22-18(24)9-10-19(25)23-21-12-15-6-4-7-16(20)11-15/h3-8,11-12H,9-10H2,1-2H3,(H,22,24)(H,23,25)/b21-12+. The van der Waals surface area contributed by atoms with E-state index in [9.17, 15) is 9.59 Å². The maximum atomic E-state index is 12.0. The first-order valence-electron chi connectivity index (χ1n) is 7.89. The fourth-order valence-corrected chi connectivity index (χ4v) is 2.35. The molecule has 0 saturated heterocycles. The summed E-state index contributed by atoms with van der Waals surface area (Å²) in [7, 11) is 0. The number of nitrogens with one attached hydrogen (secondary N) is 2. The van der Waals surface area contributed by atoms with E-state index in [0.717, 1.165) is 22.4 Å². The zero-order valence-corrected chi connectivity index (χ0v) is 14.9. The fraction of sp³-hybridized carbons (Fsp3) is 0.211. The molecule has 2 rings (SSSR count). The summed E-state index contributed by atoms with van der Waals surface area (Å²) in [6.07, 6.45) is 1.65. The minimum atomic E-state index is -0.325. The van der Waals surface area contributed by atoms with Crippen molar-refractivity contribution in [1.29, 1.82) is 0 Å². The average Bonchev–Trinajstić information content (AvgIpc) is 2.57. The SMILES string of the molecule is Cc1cccc(NC(=O)CCC(=O)N/N=C/c2cccc(Cl)c2)c1C. The van der Waals surface area contributed by atoms with Crippen molar-refractivity contribution in [2.24, 2.45) is 5.10 Å². The molecule has 0 aliphatic carbocycles. The Morgan fingerprint density at radius 2 is 1.80 bits per heavy atom. The third-order valence-electron chi connectivity index (χ3n) is 3.71. The molecule has 0 atom stereocenters. The van der Waals surface area contributed by atoms with Crippen LogP contribution in [0, 0.1) is 13.8 Å². The summed E-state index contributed by atoms with van der Waals surface area (Å²) in [6.45, 7) is 3.93. The first-order valence-corrected chi connectivity index (χ1v) is 8.27. The Labute approximate surface area is 152 Å². The van der Waals surface area contributed by atoms with Crippen molar-refractivity contribution in [2.75, 3.05) is 5.32 Å². The van der Waals surface area contributed by atoms with Gasteiger partial charge in [-0.3, -0.25) is 9.59 Å². The van der Waals surface area contributed by atoms with Gasteiger partial charge in [-0.1, -0.05) is 35.9 Å². The second kappa shape index (κ2) is 8.99. The van der Waals surface area contributed by atoms with Crippen LogP contribution in [0.25, 0.3) is 0 Å². The number of nitrogens with zero attached hydrogens (tertiary/aromatic N) is 1. The molecule has 2 amide bonds. The predicted molar refractivity (Wildman–Crippen MR) is 101 cm³/mol. The van der Waals surface area contributed by atoms with E-state index < -0.39 is 0 Å². The van der Waals surface area contributed by atoms with Crippen LogP contribution in [0.5, 0.6) is 0 Å². The van der Waals surface area contributed by atoms with Crippen LogP contribution in [0.15, 0.2) is 47.6 Å². The van der Waals surface area contributed by atoms with E-state index in [1.165, 1.54) is 6.21 Å². The highest BCUT2D eigenvalue weighted by atomic mass is 35.5. The second-order valence-electron chi connectivity index (χ2n) is 5.64. The molecule has 25 heavy (non-hydrogen) atoms. The van der Waals surface area contributed by atoms with Crippen LogP contribution < -0.4 is 10.7 Å². The Bertz CT molecular complexity index is 803. The summed E-state index contributed by atoms with van der Waals surface area (Å²) >= 11 is 5.86. The molecule has 2 N–H and O–H groups in total. The van der Waals surface area contributed by atoms with Crippen molar-refractivity contribution >= 4 is 35.3 Å². The number of aryl methyl sites for hydroxylation is 1. The number of amides is 2. The van der Waals surface area contributed by atoms with Gasteiger partial charge < -0.3 is 5.32 Å². The topological polar surface area (TPSA) is 70.6 Å². The minimum absolute atomic E-state index is 0.0591. The van der Waals surface area contributed by atoms with Crippen LogP contribution in [0.4, 0.5) is 5.69 Å². The molecule has 0 aliphatic rings. The van der Waals surface area contributed by atoms with E-state index in [2.05, 4.69) is 15.8 Å². The van der Waals surface area contributed by atoms with E-state index in [1.807, 2.05) is 38.1 Å². The van der Waals surface area contributed by atoms with Crippen molar-refractivity contribution in [3.05, 3.63) is 64.2 Å². The van der Waals surface area contributed by atoms with E-state index in [4.69, 9.17) is 11.6 Å². The Morgan fingerprint density at radius 3 is 2.56 bits per heavy atom. The number of benzene rings is 2. The predicted octanol–water partition coefficient (Wildman–Crippen LogP) is 3.83. The zero-order chi connectivity index (χ0) is 18.2. The molecule has 0 fully saturated rings. The Balaban J connectivity index is 1.77. The van der Waals surface area contributed by atoms with Gasteiger partial charge in [-0.2, -0.15) is 5.10 Å². The fourth-order valence-electron chi connectivity index (χ4n) is 2.15. The third kappa shape index (κ3) is 6.04. The van der Waals surface area contributed by atoms with Crippen molar-refractivity contribution in [2.45, 2.75) is 26.7 Å². The van der Waals surface area contributed by atoms with Crippen LogP contribution in [0.1, 0.15) is 29.5 Å². The highest BCUT2D eigenvalue weighted by Crippen LogP contribution is 2.18. The highest BCUT2D eigenvalue weighted by Gasteiger charge is 2.08. The van der Waals surface area contributed by atoms with Gasteiger partial charge in [0.25, 0.3) is 0 Å². The minimum Gasteiger partial charge on any atom is -0.326 e. The molecule has 0 aromatic heterocycles. The van der Waals surface area contributed by atoms with Crippen molar-refractivity contribution < 1.29 is 9.59 Å². The van der Waals surface area contributed by atoms with Gasteiger partial charge in [-0.05, 0) is 48.7 Å². The molecule has 0 aliphatic heterocycles. The molecule has 2 aromatic rings.